The molecule has 0 saturated carbocycles. The molecule has 1 aromatic rings. The number of carbonyl (C=O) groups is 2. The Morgan fingerprint density at radius 3 is 2.83 bits per heavy atom. The molecule has 9 heteroatoms. The predicted molar refractivity (Wildman–Crippen MR) is 89.1 cm³/mol. The second-order valence-electron chi connectivity index (χ2n) is 5.74. The number of hydrogen-bond donors (Lipinski definition) is 4. The van der Waals surface area contributed by atoms with Gasteiger partial charge >= 0.3 is 6.03 Å². The molecule has 132 valence electrons. The van der Waals surface area contributed by atoms with Crippen LogP contribution in [0, 0.1) is 11.7 Å². The van der Waals surface area contributed by atoms with Gasteiger partial charge in [0.1, 0.15) is 5.82 Å². The first-order valence-electron chi connectivity index (χ1n) is 7.58. The van der Waals surface area contributed by atoms with E-state index in [2.05, 4.69) is 16.0 Å². The molecule has 2 heterocycles. The second-order valence-corrected chi connectivity index (χ2v) is 5.74. The first-order valence-corrected chi connectivity index (χ1v) is 7.58. The van der Waals surface area contributed by atoms with E-state index in [0.717, 1.165) is 0 Å². The maximum absolute atomic E-state index is 13.9. The van der Waals surface area contributed by atoms with Crippen LogP contribution >= 0.6 is 12.4 Å². The number of anilines is 1. The van der Waals surface area contributed by atoms with E-state index in [4.69, 9.17) is 0 Å². The molecule has 0 radical (unpaired) electrons. The van der Waals surface area contributed by atoms with E-state index in [1.807, 2.05) is 0 Å². The predicted octanol–water partition coefficient (Wildman–Crippen LogP) is 0.0872. The maximum atomic E-state index is 13.9. The zero-order valence-electron chi connectivity index (χ0n) is 12.9. The molecule has 2 atom stereocenters. The van der Waals surface area contributed by atoms with Crippen LogP contribution in [0.3, 0.4) is 0 Å². The van der Waals surface area contributed by atoms with E-state index in [9.17, 15) is 19.1 Å². The van der Waals surface area contributed by atoms with E-state index in [-0.39, 0.29) is 36.5 Å². The van der Waals surface area contributed by atoms with Crippen molar-refractivity contribution in [1.82, 2.24) is 16.0 Å². The van der Waals surface area contributed by atoms with Gasteiger partial charge in [0.05, 0.1) is 11.7 Å². The number of aliphatic hydroxyl groups excluding tert-OH is 1. The molecule has 2 unspecified atom stereocenters. The Morgan fingerprint density at radius 2 is 2.21 bits per heavy atom. The largest absolute Gasteiger partial charge is 0.391 e. The maximum Gasteiger partial charge on any atom is 0.321 e. The molecule has 1 aromatic carbocycles. The molecule has 0 spiro atoms. The lowest BCUT2D eigenvalue weighted by Crippen LogP contribution is -2.35. The summed E-state index contributed by atoms with van der Waals surface area (Å²) >= 11 is 0. The smallest absolute Gasteiger partial charge is 0.321 e. The SMILES string of the molecule is Cl.O=C(NCC1CNCC1O)c1cc(N2CCNC2=O)ccc1F. The Hall–Kier alpha value is -1.90. The second kappa shape index (κ2) is 7.78. The number of aliphatic hydroxyl groups is 1. The fourth-order valence-corrected chi connectivity index (χ4v) is 2.82. The van der Waals surface area contributed by atoms with Gasteiger partial charge in [0, 0.05) is 44.3 Å². The van der Waals surface area contributed by atoms with Crippen LogP contribution in [0.25, 0.3) is 0 Å². The molecule has 2 fully saturated rings. The number of rotatable bonds is 4. The Kier molecular flexibility index (Phi) is 5.98. The summed E-state index contributed by atoms with van der Waals surface area (Å²) in [6, 6.07) is 3.77. The van der Waals surface area contributed by atoms with E-state index in [1.165, 1.54) is 23.1 Å². The van der Waals surface area contributed by atoms with Crippen molar-refractivity contribution in [3.8, 4) is 0 Å². The highest BCUT2D eigenvalue weighted by Gasteiger charge is 2.26. The molecule has 7 nitrogen and oxygen atoms in total. The molecule has 2 aliphatic heterocycles. The average Bonchev–Trinajstić information content (AvgIpc) is 3.14. The van der Waals surface area contributed by atoms with Crippen LogP contribution in [-0.2, 0) is 0 Å². The molecule has 24 heavy (non-hydrogen) atoms. The lowest BCUT2D eigenvalue weighted by molar-refractivity contribution is 0.0923. The zero-order chi connectivity index (χ0) is 16.4. The first kappa shape index (κ1) is 18.4. The summed E-state index contributed by atoms with van der Waals surface area (Å²) in [6.07, 6.45) is -0.514. The van der Waals surface area contributed by atoms with Gasteiger partial charge in [0.15, 0.2) is 0 Å². The highest BCUT2D eigenvalue weighted by atomic mass is 35.5. The van der Waals surface area contributed by atoms with Gasteiger partial charge in [-0.3, -0.25) is 9.69 Å². The molecule has 3 rings (SSSR count). The number of nitrogens with zero attached hydrogens (tertiary/aromatic N) is 1. The van der Waals surface area contributed by atoms with Gasteiger partial charge in [-0.15, -0.1) is 12.4 Å². The minimum absolute atomic E-state index is 0. The number of halogens is 2. The van der Waals surface area contributed by atoms with Crippen LogP contribution in [0.2, 0.25) is 0 Å². The van der Waals surface area contributed by atoms with Crippen molar-refractivity contribution in [2.45, 2.75) is 6.10 Å². The van der Waals surface area contributed by atoms with Crippen LogP contribution in [-0.4, -0.2) is 55.9 Å². The van der Waals surface area contributed by atoms with Crippen molar-refractivity contribution in [2.75, 3.05) is 37.6 Å². The van der Waals surface area contributed by atoms with Crippen molar-refractivity contribution in [1.29, 1.82) is 0 Å². The van der Waals surface area contributed by atoms with Crippen LogP contribution in [0.5, 0.6) is 0 Å². The molecule has 3 amide bonds. The highest BCUT2D eigenvalue weighted by Crippen LogP contribution is 2.20. The fourth-order valence-electron chi connectivity index (χ4n) is 2.82. The summed E-state index contributed by atoms with van der Waals surface area (Å²) in [5, 5.41) is 18.0. The summed E-state index contributed by atoms with van der Waals surface area (Å²) in [4.78, 5) is 25.3. The van der Waals surface area contributed by atoms with E-state index in [1.54, 1.807) is 0 Å². The number of nitrogens with one attached hydrogen (secondary N) is 3. The Bertz CT molecular complexity index is 631. The third-order valence-corrected chi connectivity index (χ3v) is 4.19. The summed E-state index contributed by atoms with van der Waals surface area (Å²) in [5.74, 6) is -1.28. The number of carbonyl (C=O) groups excluding carboxylic acids is 2. The highest BCUT2D eigenvalue weighted by molar-refractivity contribution is 5.98. The monoisotopic (exact) mass is 358 g/mol. The van der Waals surface area contributed by atoms with Crippen LogP contribution in [0.15, 0.2) is 18.2 Å². The van der Waals surface area contributed by atoms with E-state index in [0.29, 0.717) is 31.9 Å². The quantitative estimate of drug-likeness (QED) is 0.613. The van der Waals surface area contributed by atoms with Crippen molar-refractivity contribution < 1.29 is 19.1 Å². The van der Waals surface area contributed by atoms with Crippen molar-refractivity contribution in [2.24, 2.45) is 5.92 Å². The number of hydrogen-bond acceptors (Lipinski definition) is 4. The number of β-amino-alcohol motifs (C(OH)–C–C–N with tert-alkyl or cyclic N) is 1. The standard InChI is InChI=1S/C15H19FN4O3.ClH/c16-12-2-1-10(20-4-3-18-15(20)23)5-11(12)14(22)19-7-9-6-17-8-13(9)21;/h1-2,5,9,13,17,21H,3-4,6-8H2,(H,18,23)(H,19,22);1H. The van der Waals surface area contributed by atoms with Gasteiger partial charge < -0.3 is 21.1 Å². The molecular formula is C15H20ClFN4O3. The lowest BCUT2D eigenvalue weighted by Gasteiger charge is -2.17. The summed E-state index contributed by atoms with van der Waals surface area (Å²) < 4.78 is 13.9. The number of benzene rings is 1. The van der Waals surface area contributed by atoms with Gasteiger partial charge in [-0.25, -0.2) is 9.18 Å². The molecule has 2 saturated heterocycles. The fraction of sp³-hybridized carbons (Fsp3) is 0.467. The third-order valence-electron chi connectivity index (χ3n) is 4.19. The minimum Gasteiger partial charge on any atom is -0.391 e. The van der Waals surface area contributed by atoms with E-state index < -0.39 is 17.8 Å². The molecule has 4 N–H and O–H groups in total. The topological polar surface area (TPSA) is 93.7 Å². The average molecular weight is 359 g/mol. The Balaban J connectivity index is 0.00000208. The molecule has 0 aliphatic carbocycles. The first-order chi connectivity index (χ1) is 11.1. The van der Waals surface area contributed by atoms with Crippen LogP contribution in [0.4, 0.5) is 14.9 Å². The van der Waals surface area contributed by atoms with Gasteiger partial charge in [0.2, 0.25) is 0 Å². The van der Waals surface area contributed by atoms with Crippen LogP contribution in [0.1, 0.15) is 10.4 Å². The van der Waals surface area contributed by atoms with Crippen molar-refractivity contribution >= 4 is 30.0 Å². The summed E-state index contributed by atoms with van der Waals surface area (Å²) in [5.41, 5.74) is 0.372. The number of urea groups is 1. The molecule has 2 aliphatic rings. The normalized spacial score (nSPS) is 22.9. The summed E-state index contributed by atoms with van der Waals surface area (Å²) in [6.45, 7) is 2.36. The van der Waals surface area contributed by atoms with E-state index >= 15 is 0 Å². The van der Waals surface area contributed by atoms with Crippen molar-refractivity contribution in [3.63, 3.8) is 0 Å². The van der Waals surface area contributed by atoms with Gasteiger partial charge in [-0.05, 0) is 18.2 Å². The third kappa shape index (κ3) is 3.77. The molecule has 0 aromatic heterocycles. The minimum atomic E-state index is -0.643. The van der Waals surface area contributed by atoms with Gasteiger partial charge in [-0.2, -0.15) is 0 Å². The number of amides is 3. The van der Waals surface area contributed by atoms with Crippen LogP contribution < -0.4 is 20.9 Å². The Morgan fingerprint density at radius 1 is 1.42 bits per heavy atom. The zero-order valence-corrected chi connectivity index (χ0v) is 13.7. The molecular weight excluding hydrogens is 339 g/mol. The summed E-state index contributed by atoms with van der Waals surface area (Å²) in [7, 11) is 0. The molecule has 0 bridgehead atoms. The lowest BCUT2D eigenvalue weighted by atomic mass is 10.1. The van der Waals surface area contributed by atoms with Gasteiger partial charge in [-0.1, -0.05) is 0 Å². The van der Waals surface area contributed by atoms with Crippen molar-refractivity contribution in [3.05, 3.63) is 29.6 Å². The Labute approximate surface area is 145 Å². The van der Waals surface area contributed by atoms with Gasteiger partial charge in [0.25, 0.3) is 5.91 Å².